The molecule has 1 atom stereocenters. The first kappa shape index (κ1) is 21.4. The summed E-state index contributed by atoms with van der Waals surface area (Å²) >= 11 is 0. The molecule has 0 unspecified atom stereocenters. The highest BCUT2D eigenvalue weighted by Crippen LogP contribution is 2.15. The van der Waals surface area contributed by atoms with E-state index >= 15 is 0 Å². The molecule has 1 saturated heterocycles. The molecule has 1 N–H and O–H groups in total. The minimum absolute atomic E-state index is 0.149. The van der Waals surface area contributed by atoms with E-state index in [4.69, 9.17) is 0 Å². The number of benzene rings is 2. The molecule has 0 spiro atoms. The third kappa shape index (κ3) is 5.21. The summed E-state index contributed by atoms with van der Waals surface area (Å²) in [5.74, 6) is -0.651. The van der Waals surface area contributed by atoms with Gasteiger partial charge in [-0.2, -0.15) is 0 Å². The van der Waals surface area contributed by atoms with Crippen molar-refractivity contribution in [2.45, 2.75) is 26.4 Å². The molecule has 8 nitrogen and oxygen atoms in total. The molecule has 1 aliphatic rings. The number of carbonyl (C=O) groups is 2. The van der Waals surface area contributed by atoms with Gasteiger partial charge in [0.05, 0.1) is 4.92 Å². The van der Waals surface area contributed by atoms with Gasteiger partial charge in [-0.1, -0.05) is 30.3 Å². The summed E-state index contributed by atoms with van der Waals surface area (Å²) in [6.07, 6.45) is 0. The second kappa shape index (κ2) is 9.49. The summed E-state index contributed by atoms with van der Waals surface area (Å²) in [4.78, 5) is 39.5. The van der Waals surface area contributed by atoms with Crippen molar-refractivity contribution in [2.24, 2.45) is 0 Å². The van der Waals surface area contributed by atoms with Crippen LogP contribution in [0.3, 0.4) is 0 Å². The van der Waals surface area contributed by atoms with E-state index in [9.17, 15) is 19.7 Å². The van der Waals surface area contributed by atoms with Crippen LogP contribution in [0.5, 0.6) is 0 Å². The minimum Gasteiger partial charge on any atom is -0.341 e. The van der Waals surface area contributed by atoms with Crippen molar-refractivity contribution in [3.8, 4) is 0 Å². The Bertz CT molecular complexity index is 938. The highest BCUT2D eigenvalue weighted by Gasteiger charge is 2.26. The topological polar surface area (TPSA) is 95.8 Å². The van der Waals surface area contributed by atoms with Gasteiger partial charge in [-0.25, -0.2) is 0 Å². The summed E-state index contributed by atoms with van der Waals surface area (Å²) in [7, 11) is 0. The molecule has 1 aliphatic heterocycles. The number of hydrogen-bond donors (Lipinski definition) is 1. The van der Waals surface area contributed by atoms with Crippen LogP contribution in [0.15, 0.2) is 48.5 Å². The minimum atomic E-state index is -0.709. The Morgan fingerprint density at radius 1 is 1.10 bits per heavy atom. The Hall–Kier alpha value is -3.26. The molecule has 0 bridgehead atoms. The lowest BCUT2D eigenvalue weighted by Crippen LogP contribution is -2.53. The molecule has 3 rings (SSSR count). The number of nitrogens with one attached hydrogen (secondary N) is 1. The molecule has 2 aromatic rings. The van der Waals surface area contributed by atoms with Gasteiger partial charge in [-0.05, 0) is 31.0 Å². The van der Waals surface area contributed by atoms with Gasteiger partial charge in [-0.3, -0.25) is 24.6 Å². The number of non-ortho nitro benzene ring substituents is 1. The number of piperazine rings is 1. The zero-order valence-corrected chi connectivity index (χ0v) is 17.2. The maximum atomic E-state index is 12.7. The molecule has 2 aromatic carbocycles. The maximum absolute atomic E-state index is 12.7. The van der Waals surface area contributed by atoms with E-state index in [1.165, 1.54) is 35.4 Å². The van der Waals surface area contributed by atoms with Gasteiger partial charge >= 0.3 is 0 Å². The molecule has 8 heteroatoms. The van der Waals surface area contributed by atoms with Gasteiger partial charge in [0, 0.05) is 50.4 Å². The second-order valence-electron chi connectivity index (χ2n) is 7.53. The summed E-state index contributed by atoms with van der Waals surface area (Å²) in [5, 5.41) is 13.5. The third-order valence-electron chi connectivity index (χ3n) is 5.38. The van der Waals surface area contributed by atoms with Crippen LogP contribution >= 0.6 is 0 Å². The number of nitrogens with zero attached hydrogens (tertiary/aromatic N) is 3. The first-order chi connectivity index (χ1) is 14.3. The number of aryl methyl sites for hydroxylation is 1. The van der Waals surface area contributed by atoms with Crippen molar-refractivity contribution in [1.82, 2.24) is 15.1 Å². The Morgan fingerprint density at radius 3 is 2.47 bits per heavy atom. The summed E-state index contributed by atoms with van der Waals surface area (Å²) in [6.45, 7) is 7.33. The zero-order chi connectivity index (χ0) is 21.7. The summed E-state index contributed by atoms with van der Waals surface area (Å²) < 4.78 is 0. The number of nitro groups is 1. The third-order valence-corrected chi connectivity index (χ3v) is 5.38. The van der Waals surface area contributed by atoms with Gasteiger partial charge < -0.3 is 10.2 Å². The fourth-order valence-corrected chi connectivity index (χ4v) is 3.53. The van der Waals surface area contributed by atoms with Crippen LogP contribution in [0.25, 0.3) is 0 Å². The first-order valence-corrected chi connectivity index (χ1v) is 9.96. The van der Waals surface area contributed by atoms with Gasteiger partial charge in [0.1, 0.15) is 6.04 Å². The highest BCUT2D eigenvalue weighted by atomic mass is 16.6. The van der Waals surface area contributed by atoms with Gasteiger partial charge in [-0.15, -0.1) is 0 Å². The van der Waals surface area contributed by atoms with Crippen LogP contribution in [0.1, 0.15) is 28.4 Å². The molecule has 1 heterocycles. The highest BCUT2D eigenvalue weighted by molar-refractivity contribution is 5.97. The molecule has 0 saturated carbocycles. The van der Waals surface area contributed by atoms with Crippen LogP contribution in [0.4, 0.5) is 5.69 Å². The maximum Gasteiger partial charge on any atom is 0.270 e. The second-order valence-corrected chi connectivity index (χ2v) is 7.53. The SMILES string of the molecule is Cc1ccccc1CN1CCN(C(=O)[C@H](C)NC(=O)c2cccc([N+](=O)[O-])c2)CC1. The number of carbonyl (C=O) groups excluding carboxylic acids is 2. The van der Waals surface area contributed by atoms with Crippen LogP contribution in [-0.4, -0.2) is 58.8 Å². The smallest absolute Gasteiger partial charge is 0.270 e. The number of amides is 2. The van der Waals surface area contributed by atoms with Crippen molar-refractivity contribution in [2.75, 3.05) is 26.2 Å². The summed E-state index contributed by atoms with van der Waals surface area (Å²) in [5.41, 5.74) is 2.54. The van der Waals surface area contributed by atoms with E-state index in [1.807, 2.05) is 12.1 Å². The van der Waals surface area contributed by atoms with Gasteiger partial charge in [0.2, 0.25) is 5.91 Å². The van der Waals surface area contributed by atoms with Crippen molar-refractivity contribution in [1.29, 1.82) is 0 Å². The average molecular weight is 410 g/mol. The molecule has 0 aliphatic carbocycles. The molecular formula is C22H26N4O4. The molecule has 0 aromatic heterocycles. The van der Waals surface area contributed by atoms with Gasteiger partial charge in [0.25, 0.3) is 11.6 Å². The van der Waals surface area contributed by atoms with Crippen LogP contribution in [0.2, 0.25) is 0 Å². The van der Waals surface area contributed by atoms with E-state index in [0.29, 0.717) is 13.1 Å². The van der Waals surface area contributed by atoms with E-state index < -0.39 is 16.9 Å². The Kier molecular flexibility index (Phi) is 6.79. The molecule has 1 fully saturated rings. The molecule has 158 valence electrons. The van der Waals surface area contributed by atoms with Crippen LogP contribution in [0, 0.1) is 17.0 Å². The lowest BCUT2D eigenvalue weighted by Gasteiger charge is -2.36. The molecule has 2 amide bonds. The fraction of sp³-hybridized carbons (Fsp3) is 0.364. The Balaban J connectivity index is 1.52. The molecular weight excluding hydrogens is 384 g/mol. The van der Waals surface area contributed by atoms with Crippen LogP contribution in [-0.2, 0) is 11.3 Å². The van der Waals surface area contributed by atoms with E-state index in [-0.39, 0.29) is 17.2 Å². The Morgan fingerprint density at radius 2 is 1.80 bits per heavy atom. The largest absolute Gasteiger partial charge is 0.341 e. The fourth-order valence-electron chi connectivity index (χ4n) is 3.53. The predicted molar refractivity (Wildman–Crippen MR) is 113 cm³/mol. The van der Waals surface area contributed by atoms with Crippen molar-refractivity contribution in [3.63, 3.8) is 0 Å². The molecule has 30 heavy (non-hydrogen) atoms. The quantitative estimate of drug-likeness (QED) is 0.583. The standard InChI is InChI=1S/C22H26N4O4/c1-16-6-3-4-7-19(16)15-24-10-12-25(13-11-24)22(28)17(2)23-21(27)18-8-5-9-20(14-18)26(29)30/h3-9,14,17H,10-13,15H2,1-2H3,(H,23,27)/t17-/m0/s1. The van der Waals surface area contributed by atoms with Gasteiger partial charge in [0.15, 0.2) is 0 Å². The van der Waals surface area contributed by atoms with Crippen molar-refractivity contribution >= 4 is 17.5 Å². The van der Waals surface area contributed by atoms with E-state index in [2.05, 4.69) is 29.3 Å². The number of nitro benzene ring substituents is 1. The average Bonchev–Trinajstić information content (AvgIpc) is 2.75. The lowest BCUT2D eigenvalue weighted by molar-refractivity contribution is -0.384. The number of rotatable bonds is 6. The first-order valence-electron chi connectivity index (χ1n) is 9.96. The number of hydrogen-bond acceptors (Lipinski definition) is 5. The molecule has 0 radical (unpaired) electrons. The van der Waals surface area contributed by atoms with Crippen molar-refractivity contribution < 1.29 is 14.5 Å². The zero-order valence-electron chi connectivity index (χ0n) is 17.2. The van der Waals surface area contributed by atoms with E-state index in [1.54, 1.807) is 11.8 Å². The lowest BCUT2D eigenvalue weighted by atomic mass is 10.1. The predicted octanol–water partition coefficient (Wildman–Crippen LogP) is 2.37. The van der Waals surface area contributed by atoms with Crippen molar-refractivity contribution in [3.05, 3.63) is 75.3 Å². The Labute approximate surface area is 175 Å². The normalized spacial score (nSPS) is 15.5. The monoisotopic (exact) mass is 410 g/mol. The summed E-state index contributed by atoms with van der Waals surface area (Å²) in [6, 6.07) is 13.0. The van der Waals surface area contributed by atoms with E-state index in [0.717, 1.165) is 19.6 Å². The van der Waals surface area contributed by atoms with Crippen LogP contribution < -0.4 is 5.32 Å².